The number of halogens is 1. The highest BCUT2D eigenvalue weighted by molar-refractivity contribution is 9.10. The summed E-state index contributed by atoms with van der Waals surface area (Å²) in [6.07, 6.45) is 1.68. The lowest BCUT2D eigenvalue weighted by Gasteiger charge is -2.11. The van der Waals surface area contributed by atoms with Crippen molar-refractivity contribution in [1.82, 2.24) is 9.97 Å². The Morgan fingerprint density at radius 1 is 1.32 bits per heavy atom. The van der Waals surface area contributed by atoms with E-state index in [-0.39, 0.29) is 0 Å². The van der Waals surface area contributed by atoms with E-state index < -0.39 is 0 Å². The van der Waals surface area contributed by atoms with Crippen LogP contribution in [0.3, 0.4) is 0 Å². The largest absolute Gasteiger partial charge is 0.437 e. The lowest BCUT2D eigenvalue weighted by atomic mass is 10.1. The van der Waals surface area contributed by atoms with Gasteiger partial charge in [0.05, 0.1) is 10.7 Å². The normalized spacial score (nSPS) is 10.3. The topological polar surface area (TPSA) is 47.0 Å². The van der Waals surface area contributed by atoms with E-state index in [0.717, 1.165) is 22.3 Å². The molecule has 0 saturated heterocycles. The molecule has 0 fully saturated rings. The summed E-state index contributed by atoms with van der Waals surface area (Å²) in [6, 6.07) is 6.05. The van der Waals surface area contributed by atoms with Crippen LogP contribution in [-0.4, -0.2) is 16.5 Å². The molecule has 19 heavy (non-hydrogen) atoms. The number of hydrogen-bond donors (Lipinski definition) is 1. The van der Waals surface area contributed by atoms with Crippen LogP contribution in [0.1, 0.15) is 18.1 Å². The Labute approximate surface area is 121 Å². The predicted octanol–water partition coefficient (Wildman–Crippen LogP) is 4.08. The van der Waals surface area contributed by atoms with Crippen LogP contribution in [0.2, 0.25) is 0 Å². The summed E-state index contributed by atoms with van der Waals surface area (Å²) in [5.74, 6) is 1.87. The molecule has 2 rings (SSSR count). The number of aromatic nitrogens is 2. The Morgan fingerprint density at radius 2 is 2.11 bits per heavy atom. The van der Waals surface area contributed by atoms with Crippen molar-refractivity contribution in [3.63, 3.8) is 0 Å². The molecule has 1 aromatic heterocycles. The van der Waals surface area contributed by atoms with Gasteiger partial charge in [-0.05, 0) is 48.3 Å². The van der Waals surface area contributed by atoms with Crippen molar-refractivity contribution in [3.05, 3.63) is 40.0 Å². The van der Waals surface area contributed by atoms with Gasteiger partial charge < -0.3 is 10.1 Å². The fourth-order valence-corrected chi connectivity index (χ4v) is 1.96. The van der Waals surface area contributed by atoms with Crippen molar-refractivity contribution in [2.45, 2.75) is 20.8 Å². The van der Waals surface area contributed by atoms with E-state index in [0.29, 0.717) is 11.8 Å². The second kappa shape index (κ2) is 6.02. The predicted molar refractivity (Wildman–Crippen MR) is 79.9 cm³/mol. The Balaban J connectivity index is 2.29. The first-order valence-corrected chi connectivity index (χ1v) is 6.91. The molecule has 0 radical (unpaired) electrons. The first-order chi connectivity index (χ1) is 9.10. The van der Waals surface area contributed by atoms with Crippen LogP contribution in [0, 0.1) is 13.8 Å². The maximum atomic E-state index is 5.84. The van der Waals surface area contributed by atoms with Crippen LogP contribution in [0.25, 0.3) is 0 Å². The zero-order valence-electron chi connectivity index (χ0n) is 11.2. The minimum Gasteiger partial charge on any atom is -0.437 e. The molecule has 0 aliphatic heterocycles. The van der Waals surface area contributed by atoms with Crippen molar-refractivity contribution in [2.75, 3.05) is 11.9 Å². The number of nitrogens with zero attached hydrogens (tertiary/aromatic N) is 2. The summed E-state index contributed by atoms with van der Waals surface area (Å²) in [6.45, 7) is 6.84. The second-order valence-corrected chi connectivity index (χ2v) is 5.10. The highest BCUT2D eigenvalue weighted by atomic mass is 79.9. The summed E-state index contributed by atoms with van der Waals surface area (Å²) in [7, 11) is 0. The number of rotatable bonds is 4. The summed E-state index contributed by atoms with van der Waals surface area (Å²) in [5.41, 5.74) is 2.29. The van der Waals surface area contributed by atoms with Crippen LogP contribution in [-0.2, 0) is 0 Å². The van der Waals surface area contributed by atoms with Crippen molar-refractivity contribution >= 4 is 21.9 Å². The van der Waals surface area contributed by atoms with Crippen LogP contribution in [0.15, 0.2) is 28.9 Å². The molecule has 1 heterocycles. The summed E-state index contributed by atoms with van der Waals surface area (Å²) >= 11 is 3.40. The monoisotopic (exact) mass is 321 g/mol. The van der Waals surface area contributed by atoms with Crippen molar-refractivity contribution < 1.29 is 4.74 Å². The number of benzene rings is 1. The Morgan fingerprint density at radius 3 is 2.79 bits per heavy atom. The van der Waals surface area contributed by atoms with Crippen LogP contribution in [0.5, 0.6) is 11.6 Å². The molecule has 0 aliphatic rings. The van der Waals surface area contributed by atoms with E-state index in [4.69, 9.17) is 4.74 Å². The van der Waals surface area contributed by atoms with Gasteiger partial charge in [0, 0.05) is 6.54 Å². The average molecular weight is 322 g/mol. The van der Waals surface area contributed by atoms with E-state index >= 15 is 0 Å². The van der Waals surface area contributed by atoms with Gasteiger partial charge in [-0.25, -0.2) is 4.98 Å². The number of ether oxygens (including phenoxy) is 1. The molecule has 100 valence electrons. The second-order valence-electron chi connectivity index (χ2n) is 4.25. The van der Waals surface area contributed by atoms with Gasteiger partial charge in [0.2, 0.25) is 11.8 Å². The van der Waals surface area contributed by atoms with E-state index in [1.54, 1.807) is 6.20 Å². The van der Waals surface area contributed by atoms with Gasteiger partial charge in [0.1, 0.15) is 5.75 Å². The van der Waals surface area contributed by atoms with Gasteiger partial charge in [0.15, 0.2) is 0 Å². The molecular formula is C14H16BrN3O. The molecule has 1 aromatic carbocycles. The van der Waals surface area contributed by atoms with Crippen molar-refractivity contribution in [1.29, 1.82) is 0 Å². The molecule has 0 aliphatic carbocycles. The molecule has 0 spiro atoms. The molecule has 0 saturated carbocycles. The molecule has 0 bridgehead atoms. The van der Waals surface area contributed by atoms with Gasteiger partial charge in [-0.15, -0.1) is 0 Å². The fraction of sp³-hybridized carbons (Fsp3) is 0.286. The lowest BCUT2D eigenvalue weighted by molar-refractivity contribution is 0.455. The third-order valence-electron chi connectivity index (χ3n) is 2.58. The summed E-state index contributed by atoms with van der Waals surface area (Å²) < 4.78 is 6.57. The smallest absolute Gasteiger partial charge is 0.238 e. The van der Waals surface area contributed by atoms with Gasteiger partial charge in [-0.3, -0.25) is 0 Å². The Hall–Kier alpha value is -1.62. The Kier molecular flexibility index (Phi) is 4.37. The third kappa shape index (κ3) is 3.44. The fourth-order valence-electron chi connectivity index (χ4n) is 1.68. The quantitative estimate of drug-likeness (QED) is 0.921. The van der Waals surface area contributed by atoms with Gasteiger partial charge in [0.25, 0.3) is 0 Å². The number of aryl methyl sites for hydroxylation is 2. The maximum absolute atomic E-state index is 5.84. The molecule has 2 aromatic rings. The van der Waals surface area contributed by atoms with Crippen molar-refractivity contribution in [2.24, 2.45) is 0 Å². The van der Waals surface area contributed by atoms with Crippen LogP contribution in [0.4, 0.5) is 5.95 Å². The molecule has 0 amide bonds. The SMILES string of the molecule is CCNc1ncc(Br)c(Oc2ccc(C)cc2C)n1. The molecule has 0 atom stereocenters. The molecule has 4 nitrogen and oxygen atoms in total. The first-order valence-electron chi connectivity index (χ1n) is 6.11. The Bertz CT molecular complexity index is 587. The van der Waals surface area contributed by atoms with E-state index in [1.807, 2.05) is 26.0 Å². The van der Waals surface area contributed by atoms with Gasteiger partial charge >= 0.3 is 0 Å². The van der Waals surface area contributed by atoms with Crippen molar-refractivity contribution in [3.8, 4) is 11.6 Å². The van der Waals surface area contributed by atoms with Gasteiger partial charge in [-0.1, -0.05) is 17.7 Å². The number of anilines is 1. The lowest BCUT2D eigenvalue weighted by Crippen LogP contribution is -2.03. The number of nitrogens with one attached hydrogen (secondary N) is 1. The standard InChI is InChI=1S/C14H16BrN3O/c1-4-16-14-17-8-11(15)13(18-14)19-12-6-5-9(2)7-10(12)3/h5-8H,4H2,1-3H3,(H,16,17,18). The van der Waals surface area contributed by atoms with E-state index in [2.05, 4.69) is 44.2 Å². The molecule has 1 N–H and O–H groups in total. The average Bonchev–Trinajstić information content (AvgIpc) is 2.37. The molecule has 0 unspecified atom stereocenters. The first kappa shape index (κ1) is 13.8. The van der Waals surface area contributed by atoms with E-state index in [1.165, 1.54) is 5.56 Å². The zero-order valence-corrected chi connectivity index (χ0v) is 12.8. The summed E-state index contributed by atoms with van der Waals surface area (Å²) in [4.78, 5) is 8.49. The maximum Gasteiger partial charge on any atom is 0.238 e. The zero-order chi connectivity index (χ0) is 13.8. The molecule has 5 heteroatoms. The van der Waals surface area contributed by atoms with Crippen LogP contribution >= 0.6 is 15.9 Å². The molecular weight excluding hydrogens is 306 g/mol. The highest BCUT2D eigenvalue weighted by Crippen LogP contribution is 2.30. The van der Waals surface area contributed by atoms with Gasteiger partial charge in [-0.2, -0.15) is 4.98 Å². The highest BCUT2D eigenvalue weighted by Gasteiger charge is 2.09. The summed E-state index contributed by atoms with van der Waals surface area (Å²) in [5, 5.41) is 3.06. The minimum atomic E-state index is 0.512. The minimum absolute atomic E-state index is 0.512. The van der Waals surface area contributed by atoms with E-state index in [9.17, 15) is 0 Å². The third-order valence-corrected chi connectivity index (χ3v) is 3.13. The number of hydrogen-bond acceptors (Lipinski definition) is 4. The van der Waals surface area contributed by atoms with Crippen LogP contribution < -0.4 is 10.1 Å².